The third kappa shape index (κ3) is 6.54. The van der Waals surface area contributed by atoms with E-state index in [4.69, 9.17) is 24.3 Å². The molecule has 3 aliphatic heterocycles. The first-order valence-corrected chi connectivity index (χ1v) is 15.6. The monoisotopic (exact) mass is 626 g/mol. The van der Waals surface area contributed by atoms with Gasteiger partial charge in [-0.3, -0.25) is 24.4 Å². The number of ether oxygens (including phenoxy) is 2. The predicted octanol–water partition coefficient (Wildman–Crippen LogP) is 0.661. The average molecular weight is 627 g/mol. The van der Waals surface area contributed by atoms with Gasteiger partial charge in [0.2, 0.25) is 0 Å². The van der Waals surface area contributed by atoms with Gasteiger partial charge < -0.3 is 34.8 Å². The Morgan fingerprint density at radius 3 is 2.72 bits per heavy atom. The molecule has 1 saturated carbocycles. The van der Waals surface area contributed by atoms with Crippen LogP contribution in [0.4, 0.5) is 4.39 Å². The summed E-state index contributed by atoms with van der Waals surface area (Å²) in [4.78, 5) is 34.4. The summed E-state index contributed by atoms with van der Waals surface area (Å²) in [6, 6.07) is 5.63. The molecule has 0 bridgehead atoms. The number of guanidine groups is 1. The number of rotatable bonds is 10. The number of carbonyl (C=O) groups is 2. The molecule has 3 heterocycles. The fraction of sp³-hybridized carbons (Fsp3) is 0.615. The van der Waals surface area contributed by atoms with Gasteiger partial charge in [0.25, 0.3) is 11.8 Å². The summed E-state index contributed by atoms with van der Waals surface area (Å²) in [6.45, 7) is 1.31. The second-order valence-corrected chi connectivity index (χ2v) is 12.9. The number of fused-ring (bicyclic) bond motifs is 1. The molecule has 15 nitrogen and oxygen atoms in total. The number of benzene rings is 1. The number of esters is 1. The van der Waals surface area contributed by atoms with Gasteiger partial charge in [-0.15, -0.1) is 0 Å². The SMILES string of the molecule is CC(NP(=O)(OC[C@@]1(F)O[C@@H](N2C=NC3C(=O)NC(N)=NC32)[C@](C)(O)[C@@H]1O)Oc1ccccc1)C(=O)OC1CCCCC1. The van der Waals surface area contributed by atoms with Crippen LogP contribution in [-0.2, 0) is 28.2 Å². The minimum atomic E-state index is -4.55. The zero-order valence-electron chi connectivity index (χ0n) is 23.7. The van der Waals surface area contributed by atoms with Crippen LogP contribution in [0.1, 0.15) is 46.0 Å². The number of hydrogen-bond acceptors (Lipinski definition) is 13. The normalized spacial score (nSPS) is 34.6. The Morgan fingerprint density at radius 2 is 2.02 bits per heavy atom. The average Bonchev–Trinajstić information content (AvgIpc) is 3.46. The second kappa shape index (κ2) is 12.1. The molecule has 0 radical (unpaired) electrons. The smallest absolute Gasteiger partial charge is 0.459 e. The first-order valence-electron chi connectivity index (χ1n) is 14.0. The number of para-hydroxylation sites is 1. The highest BCUT2D eigenvalue weighted by Crippen LogP contribution is 2.49. The van der Waals surface area contributed by atoms with E-state index in [2.05, 4.69) is 20.4 Å². The maximum atomic E-state index is 16.3. The number of aliphatic imine (C=N–C) groups is 2. The van der Waals surface area contributed by atoms with E-state index in [-0.39, 0.29) is 17.8 Å². The van der Waals surface area contributed by atoms with Gasteiger partial charge in [-0.25, -0.2) is 13.9 Å². The van der Waals surface area contributed by atoms with Crippen LogP contribution < -0.4 is 20.7 Å². The quantitative estimate of drug-likeness (QED) is 0.179. The van der Waals surface area contributed by atoms with Crippen molar-refractivity contribution in [1.29, 1.82) is 0 Å². The van der Waals surface area contributed by atoms with Crippen molar-refractivity contribution in [2.75, 3.05) is 6.61 Å². The molecular formula is C26H36FN6O9P. The fourth-order valence-electron chi connectivity index (χ4n) is 5.41. The van der Waals surface area contributed by atoms with Crippen LogP contribution in [0.3, 0.4) is 0 Å². The van der Waals surface area contributed by atoms with Gasteiger partial charge >= 0.3 is 13.7 Å². The van der Waals surface area contributed by atoms with Crippen LogP contribution in [0.2, 0.25) is 0 Å². The number of aliphatic hydroxyl groups excluding tert-OH is 1. The molecule has 43 heavy (non-hydrogen) atoms. The van der Waals surface area contributed by atoms with Crippen LogP contribution in [0.5, 0.6) is 5.75 Å². The molecule has 0 spiro atoms. The van der Waals surface area contributed by atoms with E-state index in [9.17, 15) is 24.4 Å². The lowest BCUT2D eigenvalue weighted by atomic mass is 9.94. The zero-order valence-corrected chi connectivity index (χ0v) is 24.6. The molecule has 5 rings (SSSR count). The van der Waals surface area contributed by atoms with Crippen molar-refractivity contribution in [3.8, 4) is 5.75 Å². The van der Waals surface area contributed by atoms with Crippen LogP contribution in [-0.4, -0.2) is 94.0 Å². The van der Waals surface area contributed by atoms with Crippen molar-refractivity contribution in [2.24, 2.45) is 15.7 Å². The van der Waals surface area contributed by atoms with Crippen molar-refractivity contribution < 1.29 is 47.3 Å². The van der Waals surface area contributed by atoms with Crippen molar-refractivity contribution in [3.05, 3.63) is 30.3 Å². The maximum absolute atomic E-state index is 16.3. The summed E-state index contributed by atoms with van der Waals surface area (Å²) in [5, 5.41) is 26.8. The van der Waals surface area contributed by atoms with Gasteiger partial charge in [-0.05, 0) is 51.7 Å². The molecular weight excluding hydrogens is 590 g/mol. The topological polar surface area (TPSA) is 207 Å². The molecule has 1 aliphatic carbocycles. The zero-order chi connectivity index (χ0) is 31.0. The number of nitrogens with one attached hydrogen (secondary N) is 2. The third-order valence-electron chi connectivity index (χ3n) is 7.72. The Hall–Kier alpha value is -3.14. The predicted molar refractivity (Wildman–Crippen MR) is 149 cm³/mol. The van der Waals surface area contributed by atoms with Crippen molar-refractivity contribution in [1.82, 2.24) is 15.3 Å². The van der Waals surface area contributed by atoms with E-state index in [0.717, 1.165) is 50.3 Å². The molecule has 236 valence electrons. The summed E-state index contributed by atoms with van der Waals surface area (Å²) < 4.78 is 52.2. The van der Waals surface area contributed by atoms with Crippen molar-refractivity contribution >= 4 is 31.9 Å². The van der Waals surface area contributed by atoms with Crippen LogP contribution in [0.15, 0.2) is 40.3 Å². The van der Waals surface area contributed by atoms with E-state index in [1.165, 1.54) is 19.1 Å². The van der Waals surface area contributed by atoms with E-state index in [1.807, 2.05) is 0 Å². The first kappa shape index (κ1) is 31.3. The van der Waals surface area contributed by atoms with E-state index in [0.29, 0.717) is 0 Å². The number of amides is 1. The molecule has 4 unspecified atom stereocenters. The largest absolute Gasteiger partial charge is 0.461 e. The third-order valence-corrected chi connectivity index (χ3v) is 9.34. The van der Waals surface area contributed by atoms with Gasteiger partial charge in [-0.1, -0.05) is 24.6 Å². The van der Waals surface area contributed by atoms with Crippen LogP contribution in [0, 0.1) is 0 Å². The van der Waals surface area contributed by atoms with Crippen molar-refractivity contribution in [3.63, 3.8) is 0 Å². The Balaban J connectivity index is 1.32. The fourth-order valence-corrected chi connectivity index (χ4v) is 6.92. The molecule has 1 aromatic carbocycles. The standard InChI is InChI=1S/C26H36FN6O9P/c1-15(21(35)40-16-9-5-3-6-10-16)32-43(38,42-17-11-7-4-8-12-17)39-13-26(27)22(36)25(2,37)23(41-26)33-14-29-18-19(33)30-24(28)31-20(18)34/h4,7-8,11-12,14-16,18-19,22-23,36-37H,3,5-6,9-10,13H2,1-2H3,(H,32,38)(H3,28,30,31,34)/t15?,18?,19?,22-,23+,25+,26+,43?/m0/s1. The van der Waals surface area contributed by atoms with Gasteiger partial charge in [0.15, 0.2) is 24.4 Å². The van der Waals surface area contributed by atoms with Gasteiger partial charge in [0.1, 0.15) is 36.2 Å². The highest BCUT2D eigenvalue weighted by molar-refractivity contribution is 7.52. The van der Waals surface area contributed by atoms with E-state index >= 15 is 4.39 Å². The Labute approximate surface area is 247 Å². The molecule has 0 aromatic heterocycles. The number of alkyl halides is 1. The molecule has 4 aliphatic rings. The number of halogens is 1. The molecule has 8 atom stereocenters. The molecule has 6 N–H and O–H groups in total. The molecule has 1 aromatic rings. The van der Waals surface area contributed by atoms with Crippen molar-refractivity contribution in [2.45, 2.75) is 94.1 Å². The number of aliphatic hydroxyl groups is 2. The summed E-state index contributed by atoms with van der Waals surface area (Å²) >= 11 is 0. The highest BCUT2D eigenvalue weighted by atomic mass is 31.2. The van der Waals surface area contributed by atoms with Gasteiger partial charge in [0, 0.05) is 0 Å². The number of hydrogen-bond donors (Lipinski definition) is 5. The van der Waals surface area contributed by atoms with Crippen LogP contribution >= 0.6 is 7.75 Å². The molecule has 2 fully saturated rings. The van der Waals surface area contributed by atoms with Gasteiger partial charge in [-0.2, -0.15) is 5.09 Å². The number of nitrogens with two attached hydrogens (primary N) is 1. The molecule has 1 saturated heterocycles. The minimum absolute atomic E-state index is 0.0854. The Morgan fingerprint density at radius 1 is 1.33 bits per heavy atom. The summed E-state index contributed by atoms with van der Waals surface area (Å²) in [7, 11) is -4.55. The number of carbonyl (C=O) groups excluding carboxylic acids is 2. The lowest BCUT2D eigenvalue weighted by Gasteiger charge is -2.36. The lowest BCUT2D eigenvalue weighted by Crippen LogP contribution is -2.59. The number of nitrogens with zero attached hydrogens (tertiary/aromatic N) is 3. The molecule has 17 heteroatoms. The van der Waals surface area contributed by atoms with Gasteiger partial charge in [0.05, 0.1) is 6.34 Å². The minimum Gasteiger partial charge on any atom is -0.461 e. The first-order chi connectivity index (χ1) is 20.3. The summed E-state index contributed by atoms with van der Waals surface area (Å²) in [6.07, 6.45) is 0.304. The van der Waals surface area contributed by atoms with E-state index < -0.39 is 68.3 Å². The van der Waals surface area contributed by atoms with Crippen LogP contribution in [0.25, 0.3) is 0 Å². The highest BCUT2D eigenvalue weighted by Gasteiger charge is 2.66. The van der Waals surface area contributed by atoms with E-state index in [1.54, 1.807) is 18.2 Å². The lowest BCUT2D eigenvalue weighted by molar-refractivity contribution is -0.208. The maximum Gasteiger partial charge on any atom is 0.459 e. The summed E-state index contributed by atoms with van der Waals surface area (Å²) in [5.74, 6) is -4.53. The second-order valence-electron chi connectivity index (χ2n) is 11.2. The molecule has 1 amide bonds. The Kier molecular flexibility index (Phi) is 8.80. The Bertz CT molecular complexity index is 1310. The summed E-state index contributed by atoms with van der Waals surface area (Å²) in [5.41, 5.74) is 3.37.